The Balaban J connectivity index is 0. The summed E-state index contributed by atoms with van der Waals surface area (Å²) in [6.45, 7) is 0. The van der Waals surface area contributed by atoms with Gasteiger partial charge in [-0.3, -0.25) is 0 Å². The Morgan fingerprint density at radius 2 is 0.231 bits per heavy atom. The molecule has 0 amide bonds. The zero-order chi connectivity index (χ0) is 0. The van der Waals surface area contributed by atoms with Crippen molar-refractivity contribution in [3.05, 3.63) is 0 Å². The summed E-state index contributed by atoms with van der Waals surface area (Å²) in [6, 6.07) is 0. The predicted octanol–water partition coefficient (Wildman–Crippen LogP) is -14.6. The molecule has 13 heavy (non-hydrogen) atoms. The van der Waals surface area contributed by atoms with Crippen LogP contribution in [0.3, 0.4) is 0 Å². The standard InChI is InChI=1S/Ca.2ClH.10H2O/h;2*1H;10*1H2/q+2;;;;;;;;;;;;/p-2. The van der Waals surface area contributed by atoms with Gasteiger partial charge in [-0.05, 0) is 0 Å². The molecule has 0 aromatic rings. The van der Waals surface area contributed by atoms with E-state index < -0.39 is 0 Å². The van der Waals surface area contributed by atoms with Crippen molar-refractivity contribution in [2.75, 3.05) is 0 Å². The predicted molar refractivity (Wildman–Crippen MR) is 41.9 cm³/mol. The summed E-state index contributed by atoms with van der Waals surface area (Å²) in [5.74, 6) is 0. The van der Waals surface area contributed by atoms with Crippen LogP contribution in [0.1, 0.15) is 0 Å². The van der Waals surface area contributed by atoms with Gasteiger partial charge in [-0.1, -0.05) is 0 Å². The summed E-state index contributed by atoms with van der Waals surface area (Å²) in [6.07, 6.45) is 0. The third-order valence-corrected chi connectivity index (χ3v) is 0. The molecule has 0 aliphatic carbocycles. The molecule has 0 fully saturated rings. The molecule has 0 radical (unpaired) electrons. The largest absolute Gasteiger partial charge is 2.00 e. The van der Waals surface area contributed by atoms with Crippen molar-refractivity contribution in [1.82, 2.24) is 0 Å². The summed E-state index contributed by atoms with van der Waals surface area (Å²) in [5.41, 5.74) is 0. The van der Waals surface area contributed by atoms with Gasteiger partial charge < -0.3 is 79.6 Å². The molecule has 0 heterocycles. The molecular formula is H20CaCl2O10. The fourth-order valence-corrected chi connectivity index (χ4v) is 0. The molecule has 0 saturated carbocycles. The van der Waals surface area contributed by atoms with Crippen LogP contribution in [0.15, 0.2) is 0 Å². The maximum atomic E-state index is 0. The maximum absolute atomic E-state index is 0. The van der Waals surface area contributed by atoms with E-state index in [0.717, 1.165) is 0 Å². The van der Waals surface area contributed by atoms with Gasteiger partial charge in [0, 0.05) is 0 Å². The Labute approximate surface area is 117 Å². The third kappa shape index (κ3) is 849. The average Bonchev–Trinajstić information content (AvgIpc) is 0. The van der Waals surface area contributed by atoms with Crippen molar-refractivity contribution in [1.29, 1.82) is 0 Å². The number of hydrogen-bond acceptors (Lipinski definition) is 0. The summed E-state index contributed by atoms with van der Waals surface area (Å²) < 4.78 is 0. The van der Waals surface area contributed by atoms with Gasteiger partial charge in [0.25, 0.3) is 0 Å². The Hall–Kier alpha value is 1.44. The van der Waals surface area contributed by atoms with E-state index in [1.54, 1.807) is 0 Å². The first-order valence-corrected chi connectivity index (χ1v) is 0. The molecule has 0 saturated heterocycles. The average molecular weight is 291 g/mol. The molecular weight excluding hydrogens is 271 g/mol. The van der Waals surface area contributed by atoms with Crippen molar-refractivity contribution in [2.24, 2.45) is 0 Å². The van der Waals surface area contributed by atoms with Crippen molar-refractivity contribution in [3.8, 4) is 0 Å². The topological polar surface area (TPSA) is 315 Å². The van der Waals surface area contributed by atoms with Crippen LogP contribution in [0, 0.1) is 0 Å². The minimum atomic E-state index is 0. The smallest absolute Gasteiger partial charge is 1.00 e. The first-order valence-electron chi connectivity index (χ1n) is 0. The molecule has 0 atom stereocenters. The van der Waals surface area contributed by atoms with E-state index in [1.165, 1.54) is 0 Å². The minimum absolute atomic E-state index is 0. The first-order chi connectivity index (χ1) is 0. The monoisotopic (exact) mass is 290 g/mol. The van der Waals surface area contributed by atoms with E-state index in [4.69, 9.17) is 0 Å². The van der Waals surface area contributed by atoms with E-state index in [-0.39, 0.29) is 117 Å². The van der Waals surface area contributed by atoms with E-state index in [9.17, 15) is 0 Å². The van der Waals surface area contributed by atoms with Crippen LogP contribution in [-0.4, -0.2) is 92.5 Å². The molecule has 0 aliphatic rings. The van der Waals surface area contributed by atoms with Gasteiger partial charge in [0.1, 0.15) is 0 Å². The second-order valence-corrected chi connectivity index (χ2v) is 0. The van der Waals surface area contributed by atoms with Crippen LogP contribution in [0.4, 0.5) is 0 Å². The molecule has 0 aliphatic heterocycles. The van der Waals surface area contributed by atoms with E-state index >= 15 is 0 Å². The van der Waals surface area contributed by atoms with Crippen LogP contribution in [0.25, 0.3) is 0 Å². The Kier molecular flexibility index (Phi) is 97100. The summed E-state index contributed by atoms with van der Waals surface area (Å²) in [5, 5.41) is 0. The summed E-state index contributed by atoms with van der Waals surface area (Å²) in [4.78, 5) is 0. The SMILES string of the molecule is O.O.O.O.O.O.O.O.O.O.[Ca+2].[Cl-].[Cl-]. The van der Waals surface area contributed by atoms with Gasteiger partial charge in [-0.2, -0.15) is 0 Å². The first kappa shape index (κ1) is 1260. The summed E-state index contributed by atoms with van der Waals surface area (Å²) in [7, 11) is 0. The van der Waals surface area contributed by atoms with Crippen LogP contribution < -0.4 is 24.8 Å². The molecule has 0 bridgehead atoms. The Morgan fingerprint density at radius 1 is 0.231 bits per heavy atom. The van der Waals surface area contributed by atoms with Gasteiger partial charge in [-0.25, -0.2) is 0 Å². The van der Waals surface area contributed by atoms with Crippen molar-refractivity contribution >= 4 is 37.7 Å². The van der Waals surface area contributed by atoms with Gasteiger partial charge in [-0.15, -0.1) is 0 Å². The van der Waals surface area contributed by atoms with Crippen LogP contribution >= 0.6 is 0 Å². The van der Waals surface area contributed by atoms with Gasteiger partial charge >= 0.3 is 37.7 Å². The Bertz CT molecular complexity index is 12.9. The van der Waals surface area contributed by atoms with Gasteiger partial charge in [0.15, 0.2) is 0 Å². The Morgan fingerprint density at radius 3 is 0.231 bits per heavy atom. The van der Waals surface area contributed by atoms with Crippen molar-refractivity contribution in [2.45, 2.75) is 0 Å². The van der Waals surface area contributed by atoms with Gasteiger partial charge in [0.05, 0.1) is 0 Å². The van der Waals surface area contributed by atoms with Crippen molar-refractivity contribution in [3.63, 3.8) is 0 Å². The fraction of sp³-hybridized carbons (Fsp3) is 0. The minimum Gasteiger partial charge on any atom is -1.00 e. The van der Waals surface area contributed by atoms with Crippen molar-refractivity contribution < 1.29 is 79.6 Å². The zero-order valence-corrected chi connectivity index (χ0v) is 10.2. The molecule has 0 rings (SSSR count). The molecule has 0 aromatic carbocycles. The molecule has 0 aromatic heterocycles. The second kappa shape index (κ2) is 1000. The number of halogens is 2. The van der Waals surface area contributed by atoms with Crippen LogP contribution in [0.5, 0.6) is 0 Å². The van der Waals surface area contributed by atoms with E-state index in [0.29, 0.717) is 0 Å². The van der Waals surface area contributed by atoms with Gasteiger partial charge in [0.2, 0.25) is 0 Å². The van der Waals surface area contributed by atoms with E-state index in [1.807, 2.05) is 0 Å². The number of hydrogen-bond donors (Lipinski definition) is 0. The van der Waals surface area contributed by atoms with Crippen LogP contribution in [0.2, 0.25) is 0 Å². The maximum Gasteiger partial charge on any atom is 2.00 e. The summed E-state index contributed by atoms with van der Waals surface area (Å²) >= 11 is 0. The molecule has 10 nitrogen and oxygen atoms in total. The molecule has 20 N–H and O–H groups in total. The second-order valence-electron chi connectivity index (χ2n) is 0. The molecule has 0 spiro atoms. The zero-order valence-electron chi connectivity index (χ0n) is 6.46. The number of rotatable bonds is 0. The van der Waals surface area contributed by atoms with Crippen LogP contribution in [-0.2, 0) is 0 Å². The molecule has 13 heteroatoms. The fourth-order valence-electron chi connectivity index (χ4n) is 0. The third-order valence-electron chi connectivity index (χ3n) is 0. The normalized spacial score (nSPS) is 0. The van der Waals surface area contributed by atoms with E-state index in [2.05, 4.69) is 0 Å². The quantitative estimate of drug-likeness (QED) is 0.375. The molecule has 0 unspecified atom stereocenters. The molecule has 96 valence electrons.